The van der Waals surface area contributed by atoms with E-state index in [4.69, 9.17) is 3.83 Å². The number of hydrogen-bond acceptors (Lipinski definition) is 4. The maximum absolute atomic E-state index is 9.21. The summed E-state index contributed by atoms with van der Waals surface area (Å²) in [4.78, 5) is 0. The fraction of sp³-hybridized carbons (Fsp3) is 0. The van der Waals surface area contributed by atoms with Gasteiger partial charge in [-0.2, -0.15) is 0 Å². The zero-order chi connectivity index (χ0) is 6.12. The van der Waals surface area contributed by atoms with Crippen LogP contribution in [-0.4, -0.2) is 31.0 Å². The average molecular weight is 182 g/mol. The van der Waals surface area contributed by atoms with Crippen molar-refractivity contribution in [1.29, 1.82) is 0 Å². The summed E-state index contributed by atoms with van der Waals surface area (Å²) >= 11 is 0.458. The van der Waals surface area contributed by atoms with E-state index in [-0.39, 0.29) is 0 Å². The van der Waals surface area contributed by atoms with Crippen molar-refractivity contribution in [3.63, 3.8) is 0 Å². The van der Waals surface area contributed by atoms with Gasteiger partial charge in [0.2, 0.25) is 0 Å². The van der Waals surface area contributed by atoms with Gasteiger partial charge in [-0.25, -0.2) is 0 Å². The predicted molar refractivity (Wildman–Crippen MR) is 14.7 cm³/mol. The predicted octanol–water partition coefficient (Wildman–Crippen LogP) is -1.19. The van der Waals surface area contributed by atoms with Crippen LogP contribution < -0.4 is 0 Å². The van der Waals surface area contributed by atoms with Crippen molar-refractivity contribution in [3.8, 4) is 0 Å². The van der Waals surface area contributed by atoms with Gasteiger partial charge in [0.05, 0.1) is 0 Å². The summed E-state index contributed by atoms with van der Waals surface area (Å²) in [6.07, 6.45) is 0. The van der Waals surface area contributed by atoms with Gasteiger partial charge in [-0.05, 0) is 0 Å². The summed E-state index contributed by atoms with van der Waals surface area (Å²) in [7, 11) is 0. The van der Waals surface area contributed by atoms with Crippen molar-refractivity contribution in [2.75, 3.05) is 0 Å². The van der Waals surface area contributed by atoms with Crippen LogP contribution in [0.2, 0.25) is 0 Å². The quantitative estimate of drug-likeness (QED) is 0.503. The van der Waals surface area contributed by atoms with Gasteiger partial charge in [0.1, 0.15) is 0 Å². The molecule has 0 aliphatic carbocycles. The molecule has 0 fully saturated rings. The molecule has 0 N–H and O–H groups in total. The Morgan fingerprint density at radius 1 is 1.14 bits per heavy atom. The average Bonchev–Trinajstić information content (AvgIpc) is 1.75. The molecular weight excluding hydrogens is 182 g/mol. The van der Waals surface area contributed by atoms with Crippen molar-refractivity contribution in [1.82, 2.24) is 0 Å². The fourth-order valence-electron chi connectivity index (χ4n) is 0.0227. The molecule has 0 radical (unpaired) electrons. The molecular formula is Al2CuO4. The van der Waals surface area contributed by atoms with Gasteiger partial charge in [-0.15, -0.1) is 0 Å². The first-order chi connectivity index (χ1) is 3.41. The van der Waals surface area contributed by atoms with Crippen molar-refractivity contribution >= 4 is 31.0 Å². The molecule has 0 aliphatic rings. The van der Waals surface area contributed by atoms with Crippen LogP contribution >= 0.6 is 0 Å². The summed E-state index contributed by atoms with van der Waals surface area (Å²) in [5, 5.41) is 0. The first kappa shape index (κ1) is 10.7. The summed E-state index contributed by atoms with van der Waals surface area (Å²) in [6.45, 7) is 0. The molecule has 7 heavy (non-hydrogen) atoms. The normalized spacial score (nSPS) is 3.71. The van der Waals surface area contributed by atoms with E-state index < -0.39 is 31.0 Å². The first-order valence-corrected chi connectivity index (χ1v) is 3.34. The fourth-order valence-corrected chi connectivity index (χ4v) is 0.204. The Morgan fingerprint density at radius 2 is 1.43 bits per heavy atom. The van der Waals surface area contributed by atoms with Crippen LogP contribution in [-0.2, 0) is 30.2 Å². The van der Waals surface area contributed by atoms with Crippen LogP contribution in [0.15, 0.2) is 0 Å². The van der Waals surface area contributed by atoms with E-state index in [0.29, 0.717) is 0 Å². The molecule has 0 spiro atoms. The third-order valence-corrected chi connectivity index (χ3v) is 1.00. The Kier molecular flexibility index (Phi) is 24.2. The third kappa shape index (κ3) is 20.0. The van der Waals surface area contributed by atoms with Gasteiger partial charge in [-0.1, -0.05) is 0 Å². The molecule has 0 aromatic heterocycles. The van der Waals surface area contributed by atoms with Crippen LogP contribution in [0, 0.1) is 0 Å². The van der Waals surface area contributed by atoms with Crippen LogP contribution in [0.1, 0.15) is 0 Å². The number of rotatable bonds is 2. The summed E-state index contributed by atoms with van der Waals surface area (Å²) in [6, 6.07) is 0. The molecule has 0 unspecified atom stereocenters. The molecule has 0 atom stereocenters. The minimum atomic E-state index is -1.24. The third-order valence-electron chi connectivity index (χ3n) is 0.111. The van der Waals surface area contributed by atoms with E-state index in [1.54, 1.807) is 0 Å². The molecule has 41 valence electrons. The molecule has 0 rings (SSSR count). The van der Waals surface area contributed by atoms with Gasteiger partial charge in [0.15, 0.2) is 0 Å². The van der Waals surface area contributed by atoms with Gasteiger partial charge in [-0.3, -0.25) is 0 Å². The van der Waals surface area contributed by atoms with E-state index in [1.807, 2.05) is 0 Å². The molecule has 0 bridgehead atoms. The summed E-state index contributed by atoms with van der Waals surface area (Å²) in [5.41, 5.74) is 0. The summed E-state index contributed by atoms with van der Waals surface area (Å²) in [5.74, 6) is 0. The minimum absolute atomic E-state index is 1.24. The topological polar surface area (TPSA) is 60.4 Å². The number of hydrogen-bond donors (Lipinski definition) is 0. The van der Waals surface area contributed by atoms with Gasteiger partial charge in [0, 0.05) is 0 Å². The molecule has 0 saturated heterocycles. The molecule has 0 amide bonds. The Bertz CT molecular complexity index is 47.7. The maximum atomic E-state index is 9.21. The van der Waals surface area contributed by atoms with Crippen LogP contribution in [0.25, 0.3) is 0 Å². The molecule has 0 saturated carbocycles. The Labute approximate surface area is 61.1 Å². The second-order valence-corrected chi connectivity index (χ2v) is 1.80. The van der Waals surface area contributed by atoms with Gasteiger partial charge in [0.25, 0.3) is 0 Å². The van der Waals surface area contributed by atoms with Crippen molar-refractivity contribution in [2.45, 2.75) is 0 Å². The molecule has 0 aromatic carbocycles. The molecule has 0 aliphatic heterocycles. The monoisotopic (exact) mass is 181 g/mol. The Morgan fingerprint density at radius 3 is 1.43 bits per heavy atom. The van der Waals surface area contributed by atoms with Crippen LogP contribution in [0.3, 0.4) is 0 Å². The van der Waals surface area contributed by atoms with E-state index >= 15 is 0 Å². The molecule has 7 heteroatoms. The SMILES string of the molecule is [O]=[Al][O][Al]=[O].[O]=[Cu]. The first-order valence-electron chi connectivity index (χ1n) is 1.07. The Balaban J connectivity index is 0. The van der Waals surface area contributed by atoms with Crippen LogP contribution in [0.5, 0.6) is 0 Å². The standard InChI is InChI=1S/2Al.Cu.4O. The van der Waals surface area contributed by atoms with E-state index in [0.717, 1.165) is 0 Å². The molecule has 0 aromatic rings. The second kappa shape index (κ2) is 15.9. The van der Waals surface area contributed by atoms with E-state index in [9.17, 15) is 7.61 Å². The van der Waals surface area contributed by atoms with Crippen molar-refractivity contribution < 1.29 is 30.2 Å². The molecule has 0 heterocycles. The van der Waals surface area contributed by atoms with E-state index in [1.165, 1.54) is 0 Å². The zero-order valence-electron chi connectivity index (χ0n) is 3.09. The van der Waals surface area contributed by atoms with Gasteiger partial charge < -0.3 is 0 Å². The molecule has 4 nitrogen and oxygen atoms in total. The van der Waals surface area contributed by atoms with Crippen molar-refractivity contribution in [3.05, 3.63) is 0 Å². The van der Waals surface area contributed by atoms with Crippen molar-refractivity contribution in [2.24, 2.45) is 0 Å². The van der Waals surface area contributed by atoms with Crippen LogP contribution in [0.4, 0.5) is 0 Å². The summed E-state index contributed by atoms with van der Waals surface area (Å²) < 4.78 is 30.1. The zero-order valence-corrected chi connectivity index (χ0v) is 6.34. The second-order valence-electron chi connectivity index (χ2n) is 0.329. The van der Waals surface area contributed by atoms with E-state index in [2.05, 4.69) is 18.8 Å². The Hall–Kier alpha value is 0.784. The van der Waals surface area contributed by atoms with Gasteiger partial charge >= 0.3 is 61.2 Å².